The summed E-state index contributed by atoms with van der Waals surface area (Å²) in [6.07, 6.45) is 3.60. The van der Waals surface area contributed by atoms with Gasteiger partial charge in [-0.1, -0.05) is 0 Å². The Kier molecular flexibility index (Phi) is 7.24. The second kappa shape index (κ2) is 9.18. The Labute approximate surface area is 144 Å². The van der Waals surface area contributed by atoms with E-state index in [9.17, 15) is 4.79 Å². The van der Waals surface area contributed by atoms with E-state index in [4.69, 9.17) is 4.74 Å². The SMILES string of the molecule is COc1ccc(S[C@@H](C)C(=O)NCCC2CCN(C)CC2)cc1. The maximum absolute atomic E-state index is 12.2. The van der Waals surface area contributed by atoms with Crippen LogP contribution in [0.1, 0.15) is 26.2 Å². The lowest BCUT2D eigenvalue weighted by Gasteiger charge is -2.29. The van der Waals surface area contributed by atoms with Gasteiger partial charge in [-0.05, 0) is 76.5 Å². The molecule has 1 fully saturated rings. The molecule has 5 heteroatoms. The van der Waals surface area contributed by atoms with Crippen LogP contribution in [0, 0.1) is 5.92 Å². The van der Waals surface area contributed by atoms with Crippen molar-refractivity contribution in [2.45, 2.75) is 36.3 Å². The van der Waals surface area contributed by atoms with E-state index in [0.29, 0.717) is 0 Å². The van der Waals surface area contributed by atoms with E-state index in [1.165, 1.54) is 25.9 Å². The van der Waals surface area contributed by atoms with Crippen molar-refractivity contribution in [3.05, 3.63) is 24.3 Å². The average Bonchev–Trinajstić information content (AvgIpc) is 2.57. The molecule has 1 aliphatic rings. The first-order chi connectivity index (χ1) is 11.1. The van der Waals surface area contributed by atoms with Gasteiger partial charge in [-0.2, -0.15) is 0 Å². The highest BCUT2D eigenvalue weighted by Gasteiger charge is 2.18. The summed E-state index contributed by atoms with van der Waals surface area (Å²) in [6.45, 7) is 5.12. The van der Waals surface area contributed by atoms with Crippen molar-refractivity contribution in [2.24, 2.45) is 5.92 Å². The molecule has 0 unspecified atom stereocenters. The molecule has 1 atom stereocenters. The van der Waals surface area contributed by atoms with Gasteiger partial charge in [0, 0.05) is 11.4 Å². The first-order valence-electron chi connectivity index (χ1n) is 8.35. The van der Waals surface area contributed by atoms with E-state index in [-0.39, 0.29) is 11.2 Å². The fourth-order valence-electron chi connectivity index (χ4n) is 2.81. The molecule has 1 aromatic carbocycles. The number of nitrogens with zero attached hydrogens (tertiary/aromatic N) is 1. The Morgan fingerprint density at radius 1 is 1.35 bits per heavy atom. The number of nitrogens with one attached hydrogen (secondary N) is 1. The molecule has 0 radical (unpaired) electrons. The van der Waals surface area contributed by atoms with E-state index < -0.39 is 0 Å². The Morgan fingerprint density at radius 2 is 2.00 bits per heavy atom. The van der Waals surface area contributed by atoms with Crippen LogP contribution in [0.25, 0.3) is 0 Å². The highest BCUT2D eigenvalue weighted by molar-refractivity contribution is 8.00. The number of piperidine rings is 1. The molecule has 4 nitrogen and oxygen atoms in total. The molecule has 23 heavy (non-hydrogen) atoms. The summed E-state index contributed by atoms with van der Waals surface area (Å²) in [6, 6.07) is 7.83. The van der Waals surface area contributed by atoms with Crippen LogP contribution in [-0.4, -0.2) is 49.8 Å². The van der Waals surface area contributed by atoms with E-state index in [1.54, 1.807) is 18.9 Å². The zero-order valence-corrected chi connectivity index (χ0v) is 15.2. The predicted octanol–water partition coefficient (Wildman–Crippen LogP) is 3.02. The number of hydrogen-bond acceptors (Lipinski definition) is 4. The van der Waals surface area contributed by atoms with Crippen LogP contribution in [0.4, 0.5) is 0 Å². The summed E-state index contributed by atoms with van der Waals surface area (Å²) >= 11 is 1.58. The number of thioether (sulfide) groups is 1. The molecule has 1 N–H and O–H groups in total. The van der Waals surface area contributed by atoms with Crippen molar-refractivity contribution in [2.75, 3.05) is 33.8 Å². The Balaban J connectivity index is 1.68. The fourth-order valence-corrected chi connectivity index (χ4v) is 3.70. The smallest absolute Gasteiger partial charge is 0.233 e. The zero-order valence-electron chi connectivity index (χ0n) is 14.4. The van der Waals surface area contributed by atoms with Gasteiger partial charge in [-0.3, -0.25) is 4.79 Å². The normalized spacial score (nSPS) is 17.7. The van der Waals surface area contributed by atoms with Gasteiger partial charge in [-0.25, -0.2) is 0 Å². The number of carbonyl (C=O) groups excluding carboxylic acids is 1. The van der Waals surface area contributed by atoms with Crippen LogP contribution in [-0.2, 0) is 4.79 Å². The summed E-state index contributed by atoms with van der Waals surface area (Å²) in [7, 11) is 3.83. The molecule has 1 amide bonds. The molecule has 0 saturated carbocycles. The number of methoxy groups -OCH3 is 1. The largest absolute Gasteiger partial charge is 0.497 e. The van der Waals surface area contributed by atoms with Crippen LogP contribution < -0.4 is 10.1 Å². The molecule has 1 saturated heterocycles. The van der Waals surface area contributed by atoms with Gasteiger partial charge in [-0.15, -0.1) is 11.8 Å². The number of likely N-dealkylation sites (tertiary alicyclic amines) is 1. The van der Waals surface area contributed by atoms with Crippen LogP contribution in [0.3, 0.4) is 0 Å². The molecule has 2 rings (SSSR count). The van der Waals surface area contributed by atoms with Crippen LogP contribution in [0.5, 0.6) is 5.75 Å². The Morgan fingerprint density at radius 3 is 2.61 bits per heavy atom. The van der Waals surface area contributed by atoms with Crippen LogP contribution >= 0.6 is 11.8 Å². The first kappa shape index (κ1) is 18.1. The maximum Gasteiger partial charge on any atom is 0.233 e. The second-order valence-corrected chi connectivity index (χ2v) is 7.68. The Bertz CT molecular complexity index is 484. The third kappa shape index (κ3) is 6.07. The van der Waals surface area contributed by atoms with Crippen molar-refractivity contribution in [1.82, 2.24) is 10.2 Å². The van der Waals surface area contributed by atoms with Crippen molar-refractivity contribution in [3.63, 3.8) is 0 Å². The zero-order chi connectivity index (χ0) is 16.7. The monoisotopic (exact) mass is 336 g/mol. The highest BCUT2D eigenvalue weighted by Crippen LogP contribution is 2.25. The van der Waals surface area contributed by atoms with E-state index in [2.05, 4.69) is 17.3 Å². The average molecular weight is 337 g/mol. The lowest BCUT2D eigenvalue weighted by atomic mass is 9.94. The summed E-state index contributed by atoms with van der Waals surface area (Å²) in [4.78, 5) is 15.7. The number of amides is 1. The third-order valence-corrected chi connectivity index (χ3v) is 5.54. The predicted molar refractivity (Wildman–Crippen MR) is 96.2 cm³/mol. The summed E-state index contributed by atoms with van der Waals surface area (Å²) in [5.74, 6) is 1.72. The number of hydrogen-bond donors (Lipinski definition) is 1. The Hall–Kier alpha value is -1.20. The second-order valence-electron chi connectivity index (χ2n) is 6.26. The quantitative estimate of drug-likeness (QED) is 0.777. The van der Waals surface area contributed by atoms with Gasteiger partial charge in [0.15, 0.2) is 0 Å². The topological polar surface area (TPSA) is 41.6 Å². The molecule has 1 heterocycles. The number of carbonyl (C=O) groups is 1. The lowest BCUT2D eigenvalue weighted by Crippen LogP contribution is -2.35. The molecule has 0 aromatic heterocycles. The van der Waals surface area contributed by atoms with Crippen molar-refractivity contribution < 1.29 is 9.53 Å². The fraction of sp³-hybridized carbons (Fsp3) is 0.611. The van der Waals surface area contributed by atoms with Crippen molar-refractivity contribution >= 4 is 17.7 Å². The highest BCUT2D eigenvalue weighted by atomic mass is 32.2. The third-order valence-electron chi connectivity index (χ3n) is 4.43. The van der Waals surface area contributed by atoms with Gasteiger partial charge in [0.1, 0.15) is 5.75 Å². The molecular formula is C18H28N2O2S. The van der Waals surface area contributed by atoms with Gasteiger partial charge >= 0.3 is 0 Å². The molecular weight excluding hydrogens is 308 g/mol. The summed E-state index contributed by atoms with van der Waals surface area (Å²) in [5, 5.41) is 3.00. The summed E-state index contributed by atoms with van der Waals surface area (Å²) in [5.41, 5.74) is 0. The van der Waals surface area contributed by atoms with E-state index in [0.717, 1.165) is 29.5 Å². The van der Waals surface area contributed by atoms with Crippen molar-refractivity contribution in [1.29, 1.82) is 0 Å². The molecule has 0 bridgehead atoms. The molecule has 128 valence electrons. The van der Waals surface area contributed by atoms with Gasteiger partial charge in [0.2, 0.25) is 5.91 Å². The first-order valence-corrected chi connectivity index (χ1v) is 9.23. The van der Waals surface area contributed by atoms with Gasteiger partial charge in [0.25, 0.3) is 0 Å². The van der Waals surface area contributed by atoms with E-state index >= 15 is 0 Å². The molecule has 0 aliphatic carbocycles. The lowest BCUT2D eigenvalue weighted by molar-refractivity contribution is -0.120. The maximum atomic E-state index is 12.2. The van der Waals surface area contributed by atoms with Crippen molar-refractivity contribution in [3.8, 4) is 5.75 Å². The molecule has 1 aliphatic heterocycles. The summed E-state index contributed by atoms with van der Waals surface area (Å²) < 4.78 is 5.15. The van der Waals surface area contributed by atoms with Gasteiger partial charge in [0.05, 0.1) is 12.4 Å². The molecule has 1 aromatic rings. The number of benzene rings is 1. The minimum absolute atomic E-state index is 0.0825. The molecule has 0 spiro atoms. The minimum Gasteiger partial charge on any atom is -0.497 e. The minimum atomic E-state index is -0.0825. The number of rotatable bonds is 7. The van der Waals surface area contributed by atoms with Gasteiger partial charge < -0.3 is 15.0 Å². The van der Waals surface area contributed by atoms with Crippen LogP contribution in [0.2, 0.25) is 0 Å². The standard InChI is InChI=1S/C18H28N2O2S/c1-14(23-17-6-4-16(22-3)5-7-17)18(21)19-11-8-15-9-12-20(2)13-10-15/h4-7,14-15H,8-13H2,1-3H3,(H,19,21)/t14-/m0/s1. The van der Waals surface area contributed by atoms with Crippen LogP contribution in [0.15, 0.2) is 29.2 Å². The van der Waals surface area contributed by atoms with E-state index in [1.807, 2.05) is 31.2 Å². The number of ether oxygens (including phenoxy) is 1.